The van der Waals surface area contributed by atoms with Crippen molar-refractivity contribution in [1.82, 2.24) is 59.6 Å². The van der Waals surface area contributed by atoms with Gasteiger partial charge in [-0.15, -0.1) is 0 Å². The van der Waals surface area contributed by atoms with Crippen LogP contribution in [0.2, 0.25) is 0 Å². The highest BCUT2D eigenvalue weighted by Crippen LogP contribution is 2.41. The number of fused-ring (bicyclic) bond motifs is 2. The molecular weight excluding hydrogens is 1120 g/mol. The van der Waals surface area contributed by atoms with Crippen molar-refractivity contribution in [3.63, 3.8) is 0 Å². The third-order valence-electron chi connectivity index (χ3n) is 16.9. The number of H-pyrrole nitrogens is 1. The lowest BCUT2D eigenvalue weighted by atomic mass is 9.91. The number of hydrogen-bond donors (Lipinski definition) is 2. The molecule has 2 N–H and O–H groups in total. The molecule has 3 fully saturated rings. The highest BCUT2D eigenvalue weighted by Gasteiger charge is 2.44. The smallest absolute Gasteiger partial charge is 0.410 e. The Hall–Kier alpha value is -7.41. The van der Waals surface area contributed by atoms with Gasteiger partial charge in [0.15, 0.2) is 15.7 Å². The normalized spacial score (nSPS) is 19.9. The van der Waals surface area contributed by atoms with Gasteiger partial charge in [-0.3, -0.25) is 34.4 Å². The summed E-state index contributed by atoms with van der Waals surface area (Å²) in [4.78, 5) is 80.0. The SMILES string of the molecule is Cc1[nH]nc(Nc2ncnc3cc(OCCN4CCN(c5ncc(C(=O)N6CCN(CC7CN(C(=O)OC(C)(C)C)C(C)CN7CC(=O)N7CC(C)(C)c8ncc(Cc9ccc(F)cc9)cc87)[C@H](C)C6)cn5)CC4)c(S(=O)(=O)C(C)(C)C)cc23)c1C. The Morgan fingerprint density at radius 3 is 2.20 bits per heavy atom. The van der Waals surface area contributed by atoms with Gasteiger partial charge in [-0.1, -0.05) is 26.0 Å². The molecule has 4 aliphatic heterocycles. The number of pyridine rings is 1. The molecule has 460 valence electrons. The third-order valence-corrected chi connectivity index (χ3v) is 19.5. The minimum atomic E-state index is -3.86. The molecule has 2 unspecified atom stereocenters. The van der Waals surface area contributed by atoms with Gasteiger partial charge in [0.1, 0.15) is 40.8 Å². The zero-order valence-electron chi connectivity index (χ0n) is 51.6. The number of aryl methyl sites for hydroxylation is 1. The van der Waals surface area contributed by atoms with Gasteiger partial charge >= 0.3 is 6.09 Å². The van der Waals surface area contributed by atoms with E-state index < -0.39 is 20.2 Å². The summed E-state index contributed by atoms with van der Waals surface area (Å²) in [5.74, 6) is 1.27. The summed E-state index contributed by atoms with van der Waals surface area (Å²) in [7, 11) is -3.86. The summed E-state index contributed by atoms with van der Waals surface area (Å²) in [5.41, 5.74) is 5.20. The first-order valence-corrected chi connectivity index (χ1v) is 31.2. The van der Waals surface area contributed by atoms with Crippen molar-refractivity contribution in [3.8, 4) is 5.75 Å². The second-order valence-corrected chi connectivity index (χ2v) is 28.8. The maximum absolute atomic E-state index is 14.7. The summed E-state index contributed by atoms with van der Waals surface area (Å²) in [6.07, 6.45) is 6.63. The molecule has 24 heteroatoms. The number of carbonyl (C=O) groups excluding carboxylic acids is 3. The van der Waals surface area contributed by atoms with E-state index in [0.717, 1.165) is 33.8 Å². The highest BCUT2D eigenvalue weighted by molar-refractivity contribution is 7.92. The fourth-order valence-electron chi connectivity index (χ4n) is 11.7. The topological polar surface area (TPSA) is 232 Å². The fraction of sp³-hybridized carbons (Fsp3) is 0.532. The average molecular weight is 1200 g/mol. The average Bonchev–Trinajstić information content (AvgIpc) is 1.57. The van der Waals surface area contributed by atoms with E-state index in [1.165, 1.54) is 18.5 Å². The van der Waals surface area contributed by atoms with Crippen LogP contribution in [0.15, 0.2) is 72.3 Å². The summed E-state index contributed by atoms with van der Waals surface area (Å²) < 4.78 is 53.0. The molecule has 2 aromatic carbocycles. The Kier molecular flexibility index (Phi) is 17.5. The molecule has 3 amide bonds. The number of rotatable bonds is 15. The first kappa shape index (κ1) is 61.7. The van der Waals surface area contributed by atoms with Crippen molar-refractivity contribution in [2.75, 3.05) is 107 Å². The van der Waals surface area contributed by atoms with E-state index in [-0.39, 0.29) is 71.1 Å². The van der Waals surface area contributed by atoms with Crippen LogP contribution in [0.1, 0.15) is 108 Å². The molecule has 3 atom stereocenters. The molecule has 10 rings (SSSR count). The second-order valence-electron chi connectivity index (χ2n) is 26.1. The van der Waals surface area contributed by atoms with Crippen molar-refractivity contribution in [2.45, 2.75) is 128 Å². The maximum Gasteiger partial charge on any atom is 0.410 e. The number of aromatic amines is 1. The maximum atomic E-state index is 14.7. The lowest BCUT2D eigenvalue weighted by molar-refractivity contribution is -0.121. The number of aromatic nitrogens is 7. The Labute approximate surface area is 503 Å². The van der Waals surface area contributed by atoms with E-state index in [1.807, 2.05) is 63.6 Å². The summed E-state index contributed by atoms with van der Waals surface area (Å²) in [6, 6.07) is 11.2. The quantitative estimate of drug-likeness (QED) is 0.104. The van der Waals surface area contributed by atoms with Crippen LogP contribution in [-0.4, -0.2) is 206 Å². The zero-order valence-corrected chi connectivity index (χ0v) is 52.5. The molecule has 4 aliphatic rings. The number of anilines is 4. The van der Waals surface area contributed by atoms with Gasteiger partial charge in [-0.2, -0.15) is 5.10 Å². The van der Waals surface area contributed by atoms with E-state index in [4.69, 9.17) is 14.5 Å². The van der Waals surface area contributed by atoms with Gasteiger partial charge in [0.05, 0.1) is 33.8 Å². The highest BCUT2D eigenvalue weighted by atomic mass is 32.2. The number of nitrogens with one attached hydrogen (secondary N) is 2. The summed E-state index contributed by atoms with van der Waals surface area (Å²) in [6.45, 7) is 29.6. The number of nitrogens with zero attached hydrogens (tertiary/aromatic N) is 13. The number of sulfone groups is 1. The van der Waals surface area contributed by atoms with Gasteiger partial charge in [0.2, 0.25) is 11.9 Å². The largest absolute Gasteiger partial charge is 0.491 e. The van der Waals surface area contributed by atoms with Crippen molar-refractivity contribution in [3.05, 3.63) is 107 Å². The Morgan fingerprint density at radius 2 is 1.53 bits per heavy atom. The molecule has 3 saturated heterocycles. The minimum Gasteiger partial charge on any atom is -0.491 e. The van der Waals surface area contributed by atoms with E-state index in [1.54, 1.807) is 62.3 Å². The molecule has 0 aliphatic carbocycles. The van der Waals surface area contributed by atoms with Crippen molar-refractivity contribution >= 4 is 61.9 Å². The first-order valence-electron chi connectivity index (χ1n) is 29.7. The molecule has 86 heavy (non-hydrogen) atoms. The number of carbonyl (C=O) groups is 3. The van der Waals surface area contributed by atoms with Gasteiger partial charge in [0.25, 0.3) is 5.91 Å². The van der Waals surface area contributed by atoms with E-state index in [2.05, 4.69) is 75.8 Å². The van der Waals surface area contributed by atoms with Crippen molar-refractivity contribution in [1.29, 1.82) is 0 Å². The van der Waals surface area contributed by atoms with Gasteiger partial charge in [-0.05, 0) is 111 Å². The van der Waals surface area contributed by atoms with E-state index in [9.17, 15) is 27.2 Å². The second kappa shape index (κ2) is 24.4. The third kappa shape index (κ3) is 13.4. The molecule has 4 aromatic heterocycles. The van der Waals surface area contributed by atoms with Gasteiger partial charge in [-0.25, -0.2) is 37.5 Å². The predicted octanol–water partition coefficient (Wildman–Crippen LogP) is 7.18. The number of ether oxygens (including phenoxy) is 2. The number of benzene rings is 2. The standard InChI is InChI=1S/C62H82FN15O7S/c1-39-32-75(22-21-74(39)34-47-35-77(59(81)85-60(5,6)7)40(2)33-76(47)36-53(79)78-37-62(11,12)54-50(78)26-44(29-64-54)25-43-13-15-46(63)16-14-43)57(80)45-30-65-58(66-31-45)73-19-17-72(18-20-73)23-24-84-51-28-49-48(27-52(51)86(82,83)61(8,9)10)56(68-38-67-49)69-55-41(3)42(4)70-71-55/h13-16,26-31,38-40,47H,17-25,32-37H2,1-12H3,(H2,67,68,69,70,71)/t39-,40?,47?/m1/s1. The predicted molar refractivity (Wildman–Crippen MR) is 328 cm³/mol. The fourth-order valence-corrected chi connectivity index (χ4v) is 13.1. The molecule has 8 heterocycles. The molecular formula is C62H82FN15O7S. The number of piperazine rings is 3. The summed E-state index contributed by atoms with van der Waals surface area (Å²) >= 11 is 0. The van der Waals surface area contributed by atoms with Crippen molar-refractivity contribution in [2.24, 2.45) is 0 Å². The molecule has 22 nitrogen and oxygen atoms in total. The van der Waals surface area contributed by atoms with Crippen LogP contribution >= 0.6 is 0 Å². The Bertz CT molecular complexity index is 3580. The number of halogens is 1. The van der Waals surface area contributed by atoms with E-state index in [0.29, 0.717) is 119 Å². The lowest BCUT2D eigenvalue weighted by Gasteiger charge is -2.48. The molecule has 0 bridgehead atoms. The zero-order chi connectivity index (χ0) is 61.6. The molecule has 0 saturated carbocycles. The Balaban J connectivity index is 0.743. The van der Waals surface area contributed by atoms with Crippen LogP contribution in [0.4, 0.5) is 32.5 Å². The van der Waals surface area contributed by atoms with Gasteiger partial charge in [0, 0.05) is 143 Å². The summed E-state index contributed by atoms with van der Waals surface area (Å²) in [5, 5.41) is 11.1. The van der Waals surface area contributed by atoms with Crippen LogP contribution in [-0.2, 0) is 31.2 Å². The molecule has 0 spiro atoms. The Morgan fingerprint density at radius 1 is 0.814 bits per heavy atom. The first-order chi connectivity index (χ1) is 40.6. The van der Waals surface area contributed by atoms with Crippen LogP contribution in [0.25, 0.3) is 10.9 Å². The molecule has 6 aromatic rings. The van der Waals surface area contributed by atoms with Crippen LogP contribution in [0.3, 0.4) is 0 Å². The number of amides is 3. The minimum absolute atomic E-state index is 0.0444. The van der Waals surface area contributed by atoms with Crippen LogP contribution < -0.4 is 19.9 Å². The van der Waals surface area contributed by atoms with Crippen LogP contribution in [0, 0.1) is 19.7 Å². The van der Waals surface area contributed by atoms with Crippen molar-refractivity contribution < 1.29 is 36.7 Å². The lowest BCUT2D eigenvalue weighted by Crippen LogP contribution is -2.65. The monoisotopic (exact) mass is 1200 g/mol. The van der Waals surface area contributed by atoms with Crippen LogP contribution in [0.5, 0.6) is 5.75 Å². The van der Waals surface area contributed by atoms with Gasteiger partial charge < -0.3 is 34.4 Å². The van der Waals surface area contributed by atoms with E-state index >= 15 is 0 Å². The molecule has 0 radical (unpaired) electrons. The number of hydrogen-bond acceptors (Lipinski definition) is 18.